The smallest absolute Gasteiger partial charge is 0.117 e. The lowest BCUT2D eigenvalue weighted by Gasteiger charge is -2.14. The summed E-state index contributed by atoms with van der Waals surface area (Å²) in [5.74, 6) is 0.992. The summed E-state index contributed by atoms with van der Waals surface area (Å²) < 4.78 is 5.52. The summed E-state index contributed by atoms with van der Waals surface area (Å²) in [6, 6.07) is 4.21. The van der Waals surface area contributed by atoms with E-state index >= 15 is 0 Å². The van der Waals surface area contributed by atoms with E-state index in [1.165, 1.54) is 4.88 Å². The molecule has 1 heterocycles. The predicted molar refractivity (Wildman–Crippen MR) is 67.4 cm³/mol. The van der Waals surface area contributed by atoms with Crippen LogP contribution in [-0.4, -0.2) is 13.3 Å². The molecule has 1 aromatic heterocycles. The van der Waals surface area contributed by atoms with Gasteiger partial charge in [-0.25, -0.2) is 0 Å². The first-order valence-corrected chi connectivity index (χ1v) is 9.67. The normalized spacial score (nSPS) is 15.5. The average Bonchev–Trinajstić information content (AvgIpc) is 2.52. The Labute approximate surface area is 92.7 Å². The number of thiophene rings is 1. The lowest BCUT2D eigenvalue weighted by molar-refractivity contribution is 0.388. The predicted octanol–water partition coefficient (Wildman–Crippen LogP) is 3.96. The van der Waals surface area contributed by atoms with E-state index in [-0.39, 0.29) is 0 Å². The molecule has 1 atom stereocenters. The standard InChI is InChI=1S/C8H13OPS3/c1-3-9-10(2,11)13-7-8-5-4-6-12-8/h4-6H,3,7H2,1-2H3. The van der Waals surface area contributed by atoms with Crippen molar-refractivity contribution in [2.24, 2.45) is 0 Å². The van der Waals surface area contributed by atoms with Gasteiger partial charge in [0.25, 0.3) is 0 Å². The maximum Gasteiger partial charge on any atom is 0.117 e. The molecule has 1 unspecified atom stereocenters. The van der Waals surface area contributed by atoms with Gasteiger partial charge < -0.3 is 4.52 Å². The molecular weight excluding hydrogens is 239 g/mol. The zero-order valence-electron chi connectivity index (χ0n) is 7.73. The summed E-state index contributed by atoms with van der Waals surface area (Å²) in [6.45, 7) is 4.77. The summed E-state index contributed by atoms with van der Waals surface area (Å²) in [4.78, 5) is 1.38. The van der Waals surface area contributed by atoms with Crippen molar-refractivity contribution in [1.29, 1.82) is 0 Å². The first-order chi connectivity index (χ1) is 6.14. The van der Waals surface area contributed by atoms with Crippen molar-refractivity contribution in [1.82, 2.24) is 0 Å². The average molecular weight is 252 g/mol. The SMILES string of the molecule is CCOP(C)(=S)SCc1cccs1. The molecule has 0 aliphatic rings. The molecule has 0 aliphatic carbocycles. The molecule has 0 aromatic carbocycles. The van der Waals surface area contributed by atoms with Crippen LogP contribution in [0.5, 0.6) is 0 Å². The highest BCUT2D eigenvalue weighted by Crippen LogP contribution is 2.57. The third-order valence-electron chi connectivity index (χ3n) is 1.39. The zero-order chi connectivity index (χ0) is 9.73. The summed E-state index contributed by atoms with van der Waals surface area (Å²) in [5.41, 5.74) is -1.58. The molecule has 1 nitrogen and oxygen atoms in total. The molecular formula is C8H13OPS3. The second-order valence-electron chi connectivity index (χ2n) is 2.54. The van der Waals surface area contributed by atoms with Crippen LogP contribution < -0.4 is 0 Å². The Kier molecular flexibility index (Phi) is 4.98. The van der Waals surface area contributed by atoms with Crippen LogP contribution >= 0.6 is 28.2 Å². The molecule has 0 spiro atoms. The second kappa shape index (κ2) is 5.52. The molecule has 0 bridgehead atoms. The van der Waals surface area contributed by atoms with Crippen molar-refractivity contribution >= 4 is 40.0 Å². The molecule has 0 saturated carbocycles. The van der Waals surface area contributed by atoms with Crippen LogP contribution in [0.1, 0.15) is 11.8 Å². The topological polar surface area (TPSA) is 9.23 Å². The third kappa shape index (κ3) is 4.61. The fraction of sp³-hybridized carbons (Fsp3) is 0.500. The van der Waals surface area contributed by atoms with Crippen LogP contribution in [0.4, 0.5) is 0 Å². The minimum absolute atomic E-state index is 0.727. The highest BCUT2D eigenvalue weighted by molar-refractivity contribution is 8.68. The molecule has 0 amide bonds. The van der Waals surface area contributed by atoms with E-state index < -0.39 is 5.47 Å². The van der Waals surface area contributed by atoms with Gasteiger partial charge in [0.15, 0.2) is 0 Å². The Balaban J connectivity index is 2.38. The third-order valence-corrected chi connectivity index (χ3v) is 7.46. The lowest BCUT2D eigenvalue weighted by Crippen LogP contribution is -1.83. The van der Waals surface area contributed by atoms with E-state index in [0.29, 0.717) is 0 Å². The van der Waals surface area contributed by atoms with E-state index in [1.807, 2.05) is 13.6 Å². The highest BCUT2D eigenvalue weighted by Gasteiger charge is 2.10. The van der Waals surface area contributed by atoms with Crippen molar-refractivity contribution in [2.75, 3.05) is 13.3 Å². The Hall–Kier alpha value is 0.660. The van der Waals surface area contributed by atoms with Crippen LogP contribution in [0.25, 0.3) is 0 Å². The minimum Gasteiger partial charge on any atom is -0.342 e. The summed E-state index contributed by atoms with van der Waals surface area (Å²) in [5, 5.41) is 2.09. The Morgan fingerprint density at radius 1 is 1.69 bits per heavy atom. The van der Waals surface area contributed by atoms with Gasteiger partial charge in [-0.1, -0.05) is 29.3 Å². The fourth-order valence-electron chi connectivity index (χ4n) is 0.847. The van der Waals surface area contributed by atoms with E-state index in [0.717, 1.165) is 12.4 Å². The molecule has 1 rings (SSSR count). The van der Waals surface area contributed by atoms with Gasteiger partial charge in [0.2, 0.25) is 0 Å². The molecule has 5 heteroatoms. The highest BCUT2D eigenvalue weighted by atomic mass is 32.9. The van der Waals surface area contributed by atoms with Crippen molar-refractivity contribution in [2.45, 2.75) is 12.7 Å². The summed E-state index contributed by atoms with van der Waals surface area (Å²) in [6.07, 6.45) is 0. The van der Waals surface area contributed by atoms with E-state index in [9.17, 15) is 0 Å². The molecule has 0 fully saturated rings. The van der Waals surface area contributed by atoms with Crippen molar-refractivity contribution in [3.63, 3.8) is 0 Å². The van der Waals surface area contributed by atoms with Gasteiger partial charge in [-0.3, -0.25) is 0 Å². The van der Waals surface area contributed by atoms with Crippen molar-refractivity contribution in [3.8, 4) is 0 Å². The van der Waals surface area contributed by atoms with E-state index in [4.69, 9.17) is 16.3 Å². The monoisotopic (exact) mass is 252 g/mol. The Bertz CT molecular complexity index is 284. The van der Waals surface area contributed by atoms with Crippen LogP contribution in [0.15, 0.2) is 17.5 Å². The van der Waals surface area contributed by atoms with Crippen LogP contribution in [0.3, 0.4) is 0 Å². The van der Waals surface area contributed by atoms with Gasteiger partial charge in [-0.15, -0.1) is 11.3 Å². The van der Waals surface area contributed by atoms with Crippen molar-refractivity contribution in [3.05, 3.63) is 22.4 Å². The van der Waals surface area contributed by atoms with Gasteiger partial charge in [0, 0.05) is 17.2 Å². The summed E-state index contributed by atoms with van der Waals surface area (Å²) >= 11 is 8.92. The molecule has 0 saturated heterocycles. The van der Waals surface area contributed by atoms with Gasteiger partial charge in [-0.05, 0) is 25.0 Å². The first kappa shape index (κ1) is 11.7. The molecule has 74 valence electrons. The molecule has 0 radical (unpaired) electrons. The molecule has 1 aromatic rings. The number of rotatable bonds is 5. The van der Waals surface area contributed by atoms with E-state index in [2.05, 4.69) is 17.5 Å². The van der Waals surface area contributed by atoms with Crippen LogP contribution in [0.2, 0.25) is 0 Å². The minimum atomic E-state index is -1.58. The molecule has 13 heavy (non-hydrogen) atoms. The fourth-order valence-corrected chi connectivity index (χ4v) is 5.50. The molecule has 0 aliphatic heterocycles. The van der Waals surface area contributed by atoms with Crippen LogP contribution in [-0.2, 0) is 22.1 Å². The number of hydrogen-bond acceptors (Lipinski definition) is 4. The quantitative estimate of drug-likeness (QED) is 0.734. The maximum absolute atomic E-state index is 5.52. The molecule has 0 N–H and O–H groups in total. The second-order valence-corrected chi connectivity index (χ2v) is 11.6. The Morgan fingerprint density at radius 3 is 3.00 bits per heavy atom. The lowest BCUT2D eigenvalue weighted by atomic mass is 10.5. The van der Waals surface area contributed by atoms with Crippen LogP contribution in [0, 0.1) is 0 Å². The van der Waals surface area contributed by atoms with Crippen molar-refractivity contribution < 1.29 is 4.52 Å². The summed E-state index contributed by atoms with van der Waals surface area (Å²) in [7, 11) is 0. The van der Waals surface area contributed by atoms with Gasteiger partial charge in [0.05, 0.1) is 0 Å². The largest absolute Gasteiger partial charge is 0.342 e. The van der Waals surface area contributed by atoms with E-state index in [1.54, 1.807) is 22.7 Å². The van der Waals surface area contributed by atoms with Gasteiger partial charge in [0.1, 0.15) is 5.47 Å². The zero-order valence-corrected chi connectivity index (χ0v) is 11.1. The van der Waals surface area contributed by atoms with Gasteiger partial charge >= 0.3 is 0 Å². The van der Waals surface area contributed by atoms with Gasteiger partial charge in [-0.2, -0.15) is 0 Å². The maximum atomic E-state index is 5.52. The number of hydrogen-bond donors (Lipinski definition) is 0. The first-order valence-electron chi connectivity index (χ1n) is 4.03. The Morgan fingerprint density at radius 2 is 2.46 bits per heavy atom.